The Balaban J connectivity index is 2.21. The minimum absolute atomic E-state index is 0.146. The molecule has 1 aromatic heterocycles. The van der Waals surface area contributed by atoms with Gasteiger partial charge >= 0.3 is 5.97 Å². The summed E-state index contributed by atoms with van der Waals surface area (Å²) in [7, 11) is 0. The van der Waals surface area contributed by atoms with Crippen molar-refractivity contribution >= 4 is 35.1 Å². The molecule has 1 fully saturated rings. The molecule has 5 nitrogen and oxygen atoms in total. The van der Waals surface area contributed by atoms with Crippen molar-refractivity contribution in [2.45, 2.75) is 25.8 Å². The molecular weight excluding hydrogens is 303 g/mol. The van der Waals surface area contributed by atoms with Crippen LogP contribution < -0.4 is 0 Å². The molecule has 1 amide bonds. The van der Waals surface area contributed by atoms with E-state index in [4.69, 9.17) is 27.9 Å². The maximum atomic E-state index is 12.4. The maximum Gasteiger partial charge on any atom is 0.328 e. The lowest BCUT2D eigenvalue weighted by Crippen LogP contribution is -2.41. The van der Waals surface area contributed by atoms with Crippen molar-refractivity contribution in [3.05, 3.63) is 28.0 Å². The second kappa shape index (κ2) is 6.41. The minimum Gasteiger partial charge on any atom is -0.464 e. The number of pyridine rings is 1. The minimum atomic E-state index is -0.534. The molecule has 20 heavy (non-hydrogen) atoms. The van der Waals surface area contributed by atoms with Crippen LogP contribution in [0.5, 0.6) is 0 Å². The normalized spacial score (nSPS) is 18.1. The highest BCUT2D eigenvalue weighted by molar-refractivity contribution is 6.33. The summed E-state index contributed by atoms with van der Waals surface area (Å²) in [4.78, 5) is 29.6. The Labute approximate surface area is 126 Å². The van der Waals surface area contributed by atoms with Gasteiger partial charge in [0.05, 0.1) is 6.61 Å². The van der Waals surface area contributed by atoms with E-state index in [1.807, 2.05) is 0 Å². The lowest BCUT2D eigenvalue weighted by Gasteiger charge is -2.23. The third-order valence-corrected chi connectivity index (χ3v) is 3.47. The first kappa shape index (κ1) is 15.1. The summed E-state index contributed by atoms with van der Waals surface area (Å²) in [6.07, 6.45) is 1.37. The number of halogens is 2. The number of likely N-dealkylation sites (tertiary alicyclic amines) is 1. The van der Waals surface area contributed by atoms with E-state index in [9.17, 15) is 9.59 Å². The molecule has 0 aliphatic carbocycles. The Kier molecular flexibility index (Phi) is 4.83. The van der Waals surface area contributed by atoms with Crippen molar-refractivity contribution in [1.29, 1.82) is 0 Å². The number of nitrogens with zero attached hydrogens (tertiary/aromatic N) is 2. The molecule has 2 rings (SSSR count). The van der Waals surface area contributed by atoms with Crippen LogP contribution in [0, 0.1) is 0 Å². The van der Waals surface area contributed by atoms with Crippen molar-refractivity contribution in [1.82, 2.24) is 9.88 Å². The fourth-order valence-electron chi connectivity index (χ4n) is 2.25. The fraction of sp³-hybridized carbons (Fsp3) is 0.462. The summed E-state index contributed by atoms with van der Waals surface area (Å²) in [6.45, 7) is 2.55. The zero-order chi connectivity index (χ0) is 14.7. The molecule has 1 aliphatic heterocycles. The highest BCUT2D eigenvalue weighted by Crippen LogP contribution is 2.23. The van der Waals surface area contributed by atoms with Crippen LogP contribution in [0.2, 0.25) is 10.3 Å². The SMILES string of the molecule is CCOC(=O)C1CCCN1C(=O)c1cc(Cl)nc(Cl)c1. The summed E-state index contributed by atoms with van der Waals surface area (Å²) in [5.41, 5.74) is 0.325. The number of amides is 1. The van der Waals surface area contributed by atoms with Gasteiger partial charge in [0, 0.05) is 12.1 Å². The standard InChI is InChI=1S/C13H14Cl2N2O3/c1-2-20-13(19)9-4-3-5-17(9)12(18)8-6-10(14)16-11(15)7-8/h6-7,9H,2-5H2,1H3. The van der Waals surface area contributed by atoms with Gasteiger partial charge in [-0.05, 0) is 31.9 Å². The second-order valence-electron chi connectivity index (χ2n) is 4.41. The molecule has 1 aromatic rings. The molecule has 0 radical (unpaired) electrons. The van der Waals surface area contributed by atoms with Gasteiger partial charge in [-0.2, -0.15) is 0 Å². The van der Waals surface area contributed by atoms with Crippen LogP contribution in [-0.2, 0) is 9.53 Å². The van der Waals surface area contributed by atoms with Crippen LogP contribution in [0.1, 0.15) is 30.1 Å². The molecule has 108 valence electrons. The molecule has 1 saturated heterocycles. The van der Waals surface area contributed by atoms with Gasteiger partial charge in [-0.3, -0.25) is 4.79 Å². The van der Waals surface area contributed by atoms with Crippen LogP contribution in [0.4, 0.5) is 0 Å². The van der Waals surface area contributed by atoms with E-state index in [0.29, 0.717) is 25.1 Å². The number of aromatic nitrogens is 1. The van der Waals surface area contributed by atoms with Gasteiger partial charge in [-0.25, -0.2) is 9.78 Å². The molecule has 0 saturated carbocycles. The van der Waals surface area contributed by atoms with E-state index in [0.717, 1.165) is 6.42 Å². The summed E-state index contributed by atoms with van der Waals surface area (Å²) < 4.78 is 4.99. The molecule has 0 bridgehead atoms. The molecular formula is C13H14Cl2N2O3. The third kappa shape index (κ3) is 3.22. The van der Waals surface area contributed by atoms with Gasteiger partial charge < -0.3 is 9.64 Å². The Morgan fingerprint density at radius 2 is 2.05 bits per heavy atom. The van der Waals surface area contributed by atoms with Crippen LogP contribution >= 0.6 is 23.2 Å². The Morgan fingerprint density at radius 1 is 1.40 bits per heavy atom. The average Bonchev–Trinajstić information content (AvgIpc) is 2.86. The number of hydrogen-bond donors (Lipinski definition) is 0. The van der Waals surface area contributed by atoms with E-state index >= 15 is 0 Å². The predicted molar refractivity (Wildman–Crippen MR) is 74.9 cm³/mol. The van der Waals surface area contributed by atoms with Gasteiger partial charge in [-0.1, -0.05) is 23.2 Å². The average molecular weight is 317 g/mol. The molecule has 1 atom stereocenters. The Morgan fingerprint density at radius 3 is 2.65 bits per heavy atom. The van der Waals surface area contributed by atoms with Crippen molar-refractivity contribution < 1.29 is 14.3 Å². The summed E-state index contributed by atoms with van der Waals surface area (Å²) >= 11 is 11.6. The van der Waals surface area contributed by atoms with Crippen LogP contribution in [0.3, 0.4) is 0 Å². The Bertz CT molecular complexity index is 516. The molecule has 2 heterocycles. The quantitative estimate of drug-likeness (QED) is 0.635. The summed E-state index contributed by atoms with van der Waals surface area (Å²) in [5, 5.41) is 0.292. The van der Waals surface area contributed by atoms with E-state index in [1.54, 1.807) is 6.92 Å². The van der Waals surface area contributed by atoms with Crippen molar-refractivity contribution in [2.24, 2.45) is 0 Å². The van der Waals surface area contributed by atoms with Gasteiger partial charge in [0.1, 0.15) is 16.3 Å². The smallest absolute Gasteiger partial charge is 0.328 e. The van der Waals surface area contributed by atoms with Gasteiger partial charge in [-0.15, -0.1) is 0 Å². The number of carbonyl (C=O) groups is 2. The lowest BCUT2D eigenvalue weighted by atomic mass is 10.2. The Hall–Kier alpha value is -1.33. The first-order valence-electron chi connectivity index (χ1n) is 6.33. The molecule has 0 N–H and O–H groups in total. The molecule has 0 spiro atoms. The molecule has 7 heteroatoms. The first-order valence-corrected chi connectivity index (χ1v) is 7.09. The van der Waals surface area contributed by atoms with Crippen molar-refractivity contribution in [3.63, 3.8) is 0 Å². The zero-order valence-corrected chi connectivity index (χ0v) is 12.4. The molecule has 0 aromatic carbocycles. The maximum absolute atomic E-state index is 12.4. The molecule has 1 unspecified atom stereocenters. The van der Waals surface area contributed by atoms with Crippen LogP contribution in [0.25, 0.3) is 0 Å². The highest BCUT2D eigenvalue weighted by Gasteiger charge is 2.35. The van der Waals surface area contributed by atoms with Crippen molar-refractivity contribution in [3.8, 4) is 0 Å². The number of ether oxygens (including phenoxy) is 1. The van der Waals surface area contributed by atoms with Crippen molar-refractivity contribution in [2.75, 3.05) is 13.2 Å². The second-order valence-corrected chi connectivity index (χ2v) is 5.18. The largest absolute Gasteiger partial charge is 0.464 e. The third-order valence-electron chi connectivity index (χ3n) is 3.08. The van der Waals surface area contributed by atoms with Gasteiger partial charge in [0.25, 0.3) is 5.91 Å². The lowest BCUT2D eigenvalue weighted by molar-refractivity contribution is -0.147. The van der Waals surface area contributed by atoms with Crippen LogP contribution in [0.15, 0.2) is 12.1 Å². The van der Waals surface area contributed by atoms with E-state index in [1.165, 1.54) is 17.0 Å². The number of esters is 1. The predicted octanol–water partition coefficient (Wildman–Crippen LogP) is 2.56. The number of rotatable bonds is 3. The summed E-state index contributed by atoms with van der Waals surface area (Å²) in [6, 6.07) is 2.35. The van der Waals surface area contributed by atoms with E-state index < -0.39 is 6.04 Å². The highest BCUT2D eigenvalue weighted by atomic mass is 35.5. The summed E-state index contributed by atoms with van der Waals surface area (Å²) in [5.74, 6) is -0.656. The molecule has 1 aliphatic rings. The van der Waals surface area contributed by atoms with Gasteiger partial charge in [0.15, 0.2) is 0 Å². The topological polar surface area (TPSA) is 59.5 Å². The van der Waals surface area contributed by atoms with Crippen LogP contribution in [-0.4, -0.2) is 41.0 Å². The van der Waals surface area contributed by atoms with E-state index in [-0.39, 0.29) is 22.2 Å². The van der Waals surface area contributed by atoms with E-state index in [2.05, 4.69) is 4.98 Å². The van der Waals surface area contributed by atoms with Gasteiger partial charge in [0.2, 0.25) is 0 Å². The first-order chi connectivity index (χ1) is 9.52. The number of hydrogen-bond acceptors (Lipinski definition) is 4. The zero-order valence-electron chi connectivity index (χ0n) is 10.9. The monoisotopic (exact) mass is 316 g/mol. The number of carbonyl (C=O) groups excluding carboxylic acids is 2. The fourth-order valence-corrected chi connectivity index (χ4v) is 2.71.